The minimum atomic E-state index is -0.756. The van der Waals surface area contributed by atoms with E-state index in [0.29, 0.717) is 12.0 Å². The van der Waals surface area contributed by atoms with E-state index >= 15 is 0 Å². The molecule has 1 aliphatic heterocycles. The maximum absolute atomic E-state index is 12.0. The molecular weight excluding hydrogens is 312 g/mol. The van der Waals surface area contributed by atoms with Gasteiger partial charge in [0.25, 0.3) is 0 Å². The third-order valence-electron chi connectivity index (χ3n) is 5.09. The molecule has 2 atom stereocenters. The summed E-state index contributed by atoms with van der Waals surface area (Å²) in [5, 5.41) is 9.85. The summed E-state index contributed by atoms with van der Waals surface area (Å²) in [4.78, 5) is 16.6. The van der Waals surface area contributed by atoms with Gasteiger partial charge in [0, 0.05) is 32.2 Å². The molecule has 4 heteroatoms. The first kappa shape index (κ1) is 19.9. The highest BCUT2D eigenvalue weighted by Gasteiger charge is 2.33. The van der Waals surface area contributed by atoms with Gasteiger partial charge in [-0.1, -0.05) is 58.9 Å². The zero-order chi connectivity index (χ0) is 18.8. The van der Waals surface area contributed by atoms with Crippen molar-refractivity contribution in [1.29, 1.82) is 0 Å². The normalized spacial score (nSPS) is 21.5. The molecule has 4 nitrogen and oxygen atoms in total. The predicted octanol–water partition coefficient (Wildman–Crippen LogP) is 3.77. The van der Waals surface area contributed by atoms with Crippen molar-refractivity contribution in [3.05, 3.63) is 35.4 Å². The van der Waals surface area contributed by atoms with E-state index in [-0.39, 0.29) is 5.41 Å². The van der Waals surface area contributed by atoms with Gasteiger partial charge in [-0.15, -0.1) is 0 Å². The Morgan fingerprint density at radius 3 is 2.24 bits per heavy atom. The van der Waals surface area contributed by atoms with Gasteiger partial charge < -0.3 is 5.11 Å². The molecule has 0 aromatic heterocycles. The topological polar surface area (TPSA) is 43.8 Å². The molecule has 2 unspecified atom stereocenters. The molecule has 1 aromatic rings. The third-order valence-corrected chi connectivity index (χ3v) is 5.09. The Morgan fingerprint density at radius 1 is 1.20 bits per heavy atom. The Labute approximate surface area is 152 Å². The predicted molar refractivity (Wildman–Crippen MR) is 103 cm³/mol. The van der Waals surface area contributed by atoms with Crippen LogP contribution in [0.5, 0.6) is 0 Å². The average Bonchev–Trinajstić information content (AvgIpc) is 2.49. The molecule has 1 aromatic carbocycles. The molecule has 0 aliphatic carbocycles. The monoisotopic (exact) mass is 346 g/mol. The fraction of sp³-hybridized carbons (Fsp3) is 0.667. The van der Waals surface area contributed by atoms with E-state index in [4.69, 9.17) is 0 Å². The quantitative estimate of drug-likeness (QED) is 0.881. The molecule has 1 aliphatic rings. The van der Waals surface area contributed by atoms with Crippen molar-refractivity contribution in [3.63, 3.8) is 0 Å². The molecule has 1 N–H and O–H groups in total. The molecule has 0 amide bonds. The lowest BCUT2D eigenvalue weighted by Gasteiger charge is -2.42. The first-order valence-corrected chi connectivity index (χ1v) is 9.41. The zero-order valence-electron chi connectivity index (χ0n) is 16.6. The first-order chi connectivity index (χ1) is 11.6. The van der Waals surface area contributed by atoms with Crippen LogP contribution < -0.4 is 0 Å². The zero-order valence-corrected chi connectivity index (χ0v) is 16.6. The molecule has 1 heterocycles. The van der Waals surface area contributed by atoms with E-state index in [9.17, 15) is 9.90 Å². The largest absolute Gasteiger partial charge is 0.480 e. The molecule has 25 heavy (non-hydrogen) atoms. The number of rotatable bonds is 5. The molecule has 2 rings (SSSR count). The number of hydrogen-bond acceptors (Lipinski definition) is 3. The molecular formula is C21H34N2O2. The van der Waals surface area contributed by atoms with Gasteiger partial charge >= 0.3 is 5.97 Å². The van der Waals surface area contributed by atoms with Crippen LogP contribution in [-0.4, -0.2) is 53.1 Å². The summed E-state index contributed by atoms with van der Waals surface area (Å²) in [5.41, 5.74) is 2.19. The molecule has 0 saturated carbocycles. The minimum absolute atomic E-state index is 0.0776. The number of piperazine rings is 1. The molecule has 0 spiro atoms. The van der Waals surface area contributed by atoms with Crippen LogP contribution >= 0.6 is 0 Å². The lowest BCUT2D eigenvalue weighted by molar-refractivity contribution is -0.145. The van der Waals surface area contributed by atoms with Crippen LogP contribution in [0.2, 0.25) is 0 Å². The molecule has 1 saturated heterocycles. The van der Waals surface area contributed by atoms with Gasteiger partial charge in [0.2, 0.25) is 0 Å². The van der Waals surface area contributed by atoms with Crippen molar-refractivity contribution >= 4 is 5.97 Å². The second-order valence-corrected chi connectivity index (χ2v) is 8.85. The Bertz CT molecular complexity index is 575. The summed E-state index contributed by atoms with van der Waals surface area (Å²) in [6.07, 6.45) is 0. The van der Waals surface area contributed by atoms with Gasteiger partial charge in [0.05, 0.1) is 0 Å². The maximum atomic E-state index is 12.0. The van der Waals surface area contributed by atoms with Crippen molar-refractivity contribution in [2.24, 2.45) is 5.92 Å². The van der Waals surface area contributed by atoms with Crippen molar-refractivity contribution < 1.29 is 9.90 Å². The smallest absolute Gasteiger partial charge is 0.325 e. The van der Waals surface area contributed by atoms with Crippen LogP contribution in [0.15, 0.2) is 24.3 Å². The fourth-order valence-electron chi connectivity index (χ4n) is 3.67. The van der Waals surface area contributed by atoms with E-state index in [1.54, 1.807) is 0 Å². The van der Waals surface area contributed by atoms with E-state index in [1.807, 2.05) is 12.1 Å². The van der Waals surface area contributed by atoms with Crippen LogP contribution in [0.3, 0.4) is 0 Å². The summed E-state index contributed by atoms with van der Waals surface area (Å²) < 4.78 is 0. The minimum Gasteiger partial charge on any atom is -0.480 e. The third kappa shape index (κ3) is 5.05. The Balaban J connectivity index is 2.15. The Morgan fingerprint density at radius 2 is 1.80 bits per heavy atom. The highest BCUT2D eigenvalue weighted by atomic mass is 16.4. The van der Waals surface area contributed by atoms with Gasteiger partial charge in [0.15, 0.2) is 0 Å². The number of nitrogens with zero attached hydrogens (tertiary/aromatic N) is 2. The second-order valence-electron chi connectivity index (χ2n) is 8.85. The lowest BCUT2D eigenvalue weighted by atomic mass is 9.86. The number of aliphatic carboxylic acids is 1. The van der Waals surface area contributed by atoms with Crippen molar-refractivity contribution in [2.75, 3.05) is 26.2 Å². The summed E-state index contributed by atoms with van der Waals surface area (Å²) >= 11 is 0. The van der Waals surface area contributed by atoms with Crippen LogP contribution in [-0.2, 0) is 10.2 Å². The van der Waals surface area contributed by atoms with E-state index < -0.39 is 12.0 Å². The fourth-order valence-corrected chi connectivity index (χ4v) is 3.67. The summed E-state index contributed by atoms with van der Waals surface area (Å²) in [6.45, 7) is 16.8. The highest BCUT2D eigenvalue weighted by Crippen LogP contribution is 2.28. The van der Waals surface area contributed by atoms with Crippen LogP contribution in [0.4, 0.5) is 0 Å². The van der Waals surface area contributed by atoms with Crippen molar-refractivity contribution in [1.82, 2.24) is 9.80 Å². The molecule has 1 fully saturated rings. The number of carboxylic acid groups (broad SMARTS) is 1. The van der Waals surface area contributed by atoms with Gasteiger partial charge in [0.1, 0.15) is 6.04 Å². The molecule has 0 bridgehead atoms. The Hall–Kier alpha value is -1.39. The Kier molecular flexibility index (Phi) is 6.28. The van der Waals surface area contributed by atoms with E-state index in [0.717, 1.165) is 31.7 Å². The SMILES string of the molecule is CC(C)CN1CCN(C(C(=O)O)c2ccc(C(C)(C)C)cc2)CC1C. The van der Waals surface area contributed by atoms with Gasteiger partial charge in [-0.2, -0.15) is 0 Å². The standard InChI is InChI=1S/C21H34N2O2/c1-15(2)13-22-11-12-23(14-16(22)3)19(20(24)25)17-7-9-18(10-8-17)21(4,5)6/h7-10,15-16,19H,11-14H2,1-6H3,(H,24,25). The van der Waals surface area contributed by atoms with Crippen LogP contribution in [0.1, 0.15) is 58.7 Å². The molecule has 0 radical (unpaired) electrons. The van der Waals surface area contributed by atoms with Gasteiger partial charge in [-0.25, -0.2) is 0 Å². The van der Waals surface area contributed by atoms with Crippen molar-refractivity contribution in [2.45, 2.75) is 59.0 Å². The van der Waals surface area contributed by atoms with Gasteiger partial charge in [-0.05, 0) is 29.4 Å². The number of carboxylic acids is 1. The van der Waals surface area contributed by atoms with Crippen molar-refractivity contribution in [3.8, 4) is 0 Å². The second kappa shape index (κ2) is 7.88. The number of hydrogen-bond donors (Lipinski definition) is 1. The van der Waals surface area contributed by atoms with Gasteiger partial charge in [-0.3, -0.25) is 14.6 Å². The number of benzene rings is 1. The summed E-state index contributed by atoms with van der Waals surface area (Å²) in [6, 6.07) is 7.95. The lowest BCUT2D eigenvalue weighted by Crippen LogP contribution is -2.54. The highest BCUT2D eigenvalue weighted by molar-refractivity contribution is 5.75. The summed E-state index contributed by atoms with van der Waals surface area (Å²) in [7, 11) is 0. The maximum Gasteiger partial charge on any atom is 0.325 e. The first-order valence-electron chi connectivity index (χ1n) is 9.41. The average molecular weight is 347 g/mol. The van der Waals surface area contributed by atoms with E-state index in [2.05, 4.69) is 63.5 Å². The van der Waals surface area contributed by atoms with Crippen LogP contribution in [0, 0.1) is 5.92 Å². The summed E-state index contributed by atoms with van der Waals surface area (Å²) in [5.74, 6) is -0.123. The van der Waals surface area contributed by atoms with Crippen LogP contribution in [0.25, 0.3) is 0 Å². The van der Waals surface area contributed by atoms with E-state index in [1.165, 1.54) is 5.56 Å². The molecule has 140 valence electrons. The number of carbonyl (C=O) groups is 1.